The molecule has 2 aromatic heterocycles. The maximum absolute atomic E-state index is 12.2. The SMILES string of the molecule is Cc1ccc(-c2csc(NC(=O)CNC(=O)c3ccc4c(c3)OCO4)n2)o1. The lowest BCUT2D eigenvalue weighted by atomic mass is 10.2. The minimum Gasteiger partial charge on any atom is -0.460 e. The fourth-order valence-corrected chi connectivity index (χ4v) is 3.20. The van der Waals surface area contributed by atoms with Gasteiger partial charge in [-0.05, 0) is 37.3 Å². The van der Waals surface area contributed by atoms with Crippen LogP contribution in [0.1, 0.15) is 16.1 Å². The summed E-state index contributed by atoms with van der Waals surface area (Å²) in [6.07, 6.45) is 0. The minimum absolute atomic E-state index is 0.135. The van der Waals surface area contributed by atoms with E-state index in [0.717, 1.165) is 5.76 Å². The third kappa shape index (κ3) is 3.77. The van der Waals surface area contributed by atoms with Crippen molar-refractivity contribution in [3.05, 3.63) is 47.0 Å². The summed E-state index contributed by atoms with van der Waals surface area (Å²) >= 11 is 1.28. The molecule has 2 N–H and O–H groups in total. The van der Waals surface area contributed by atoms with Gasteiger partial charge in [0.1, 0.15) is 11.5 Å². The fraction of sp³-hybridized carbons (Fsp3) is 0.167. The number of amides is 2. The van der Waals surface area contributed by atoms with Crippen LogP contribution in [0.15, 0.2) is 40.1 Å². The van der Waals surface area contributed by atoms with Crippen molar-refractivity contribution in [3.63, 3.8) is 0 Å². The molecule has 138 valence electrons. The van der Waals surface area contributed by atoms with Gasteiger partial charge in [0.05, 0.1) is 6.54 Å². The molecule has 0 bridgehead atoms. The van der Waals surface area contributed by atoms with Gasteiger partial charge in [-0.2, -0.15) is 0 Å². The van der Waals surface area contributed by atoms with Crippen molar-refractivity contribution >= 4 is 28.3 Å². The lowest BCUT2D eigenvalue weighted by Crippen LogP contribution is -2.32. The van der Waals surface area contributed by atoms with Crippen molar-refractivity contribution in [2.24, 2.45) is 0 Å². The summed E-state index contributed by atoms with van der Waals surface area (Å²) in [4.78, 5) is 28.5. The number of nitrogens with zero attached hydrogens (tertiary/aromatic N) is 1. The Kier molecular flexibility index (Phi) is 4.51. The molecular weight excluding hydrogens is 370 g/mol. The number of rotatable bonds is 5. The summed E-state index contributed by atoms with van der Waals surface area (Å²) < 4.78 is 15.9. The van der Waals surface area contributed by atoms with Gasteiger partial charge in [-0.15, -0.1) is 11.3 Å². The quantitative estimate of drug-likeness (QED) is 0.700. The third-order valence-electron chi connectivity index (χ3n) is 3.79. The lowest BCUT2D eigenvalue weighted by molar-refractivity contribution is -0.115. The van der Waals surface area contributed by atoms with Crippen molar-refractivity contribution in [1.29, 1.82) is 0 Å². The Morgan fingerprint density at radius 2 is 2.04 bits per heavy atom. The highest BCUT2D eigenvalue weighted by atomic mass is 32.1. The van der Waals surface area contributed by atoms with Gasteiger partial charge in [-0.1, -0.05) is 0 Å². The molecule has 0 fully saturated rings. The first-order valence-corrected chi connectivity index (χ1v) is 8.96. The number of furan rings is 1. The van der Waals surface area contributed by atoms with E-state index in [1.54, 1.807) is 23.6 Å². The number of thiazole rings is 1. The summed E-state index contributed by atoms with van der Waals surface area (Å²) in [6.45, 7) is 1.81. The molecule has 27 heavy (non-hydrogen) atoms. The predicted octanol–water partition coefficient (Wildman–Crippen LogP) is 2.81. The molecule has 0 unspecified atom stereocenters. The molecule has 4 rings (SSSR count). The first-order chi connectivity index (χ1) is 13.1. The van der Waals surface area contributed by atoms with Crippen LogP contribution >= 0.6 is 11.3 Å². The molecule has 8 nitrogen and oxygen atoms in total. The maximum Gasteiger partial charge on any atom is 0.251 e. The lowest BCUT2D eigenvalue weighted by Gasteiger charge is -2.06. The second-order valence-corrected chi connectivity index (χ2v) is 6.61. The van der Waals surface area contributed by atoms with E-state index in [4.69, 9.17) is 13.9 Å². The van der Waals surface area contributed by atoms with Crippen LogP contribution in [0, 0.1) is 6.92 Å². The van der Waals surface area contributed by atoms with Gasteiger partial charge in [-0.3, -0.25) is 9.59 Å². The van der Waals surface area contributed by atoms with Gasteiger partial charge in [0.15, 0.2) is 22.4 Å². The molecule has 0 saturated heterocycles. The third-order valence-corrected chi connectivity index (χ3v) is 4.55. The number of aromatic nitrogens is 1. The van der Waals surface area contributed by atoms with Gasteiger partial charge < -0.3 is 24.5 Å². The summed E-state index contributed by atoms with van der Waals surface area (Å²) in [5.74, 6) is 1.77. The molecule has 1 aromatic carbocycles. The molecule has 0 radical (unpaired) electrons. The average Bonchev–Trinajstić information content (AvgIpc) is 3.39. The standard InChI is InChI=1S/C18H15N3O5S/c1-10-2-4-13(26-10)12-8-27-18(20-12)21-16(22)7-19-17(23)11-3-5-14-15(6-11)25-9-24-14/h2-6,8H,7,9H2,1H3,(H,19,23)(H,20,21,22). The minimum atomic E-state index is -0.380. The Bertz CT molecular complexity index is 1010. The molecular formula is C18H15N3O5S. The second kappa shape index (κ2) is 7.12. The van der Waals surface area contributed by atoms with Crippen LogP contribution in [0.3, 0.4) is 0 Å². The van der Waals surface area contributed by atoms with Crippen molar-refractivity contribution in [2.45, 2.75) is 6.92 Å². The zero-order chi connectivity index (χ0) is 18.8. The van der Waals surface area contributed by atoms with E-state index in [0.29, 0.717) is 33.6 Å². The second-order valence-electron chi connectivity index (χ2n) is 5.75. The van der Waals surface area contributed by atoms with Gasteiger partial charge in [0, 0.05) is 10.9 Å². The Hall–Kier alpha value is -3.33. The number of carbonyl (C=O) groups is 2. The molecule has 3 heterocycles. The Balaban J connectivity index is 1.32. The molecule has 0 aliphatic carbocycles. The number of hydrogen-bond acceptors (Lipinski definition) is 7. The van der Waals surface area contributed by atoms with Gasteiger partial charge >= 0.3 is 0 Å². The molecule has 0 saturated carbocycles. The predicted molar refractivity (Wildman–Crippen MR) is 98.1 cm³/mol. The van der Waals surface area contributed by atoms with E-state index in [2.05, 4.69) is 15.6 Å². The van der Waals surface area contributed by atoms with E-state index in [1.807, 2.05) is 19.1 Å². The van der Waals surface area contributed by atoms with Crippen LogP contribution in [0.2, 0.25) is 0 Å². The van der Waals surface area contributed by atoms with E-state index < -0.39 is 0 Å². The number of ether oxygens (including phenoxy) is 2. The summed E-state index contributed by atoms with van der Waals surface area (Å²) in [7, 11) is 0. The van der Waals surface area contributed by atoms with Crippen LogP contribution in [-0.2, 0) is 4.79 Å². The molecule has 0 spiro atoms. The molecule has 2 amide bonds. The topological polar surface area (TPSA) is 103 Å². The number of carbonyl (C=O) groups excluding carboxylic acids is 2. The van der Waals surface area contributed by atoms with Crippen molar-refractivity contribution < 1.29 is 23.5 Å². The van der Waals surface area contributed by atoms with E-state index in [-0.39, 0.29) is 25.2 Å². The van der Waals surface area contributed by atoms with Crippen LogP contribution in [0.5, 0.6) is 11.5 Å². The van der Waals surface area contributed by atoms with Crippen LogP contribution < -0.4 is 20.1 Å². The molecule has 9 heteroatoms. The first kappa shape index (κ1) is 17.1. The summed E-state index contributed by atoms with van der Waals surface area (Å²) in [5.41, 5.74) is 1.03. The van der Waals surface area contributed by atoms with Crippen LogP contribution in [0.25, 0.3) is 11.5 Å². The zero-order valence-corrected chi connectivity index (χ0v) is 15.1. The summed E-state index contributed by atoms with van der Waals surface area (Å²) in [5, 5.41) is 7.44. The zero-order valence-electron chi connectivity index (χ0n) is 14.3. The highest BCUT2D eigenvalue weighted by molar-refractivity contribution is 7.14. The highest BCUT2D eigenvalue weighted by Gasteiger charge is 2.17. The fourth-order valence-electron chi connectivity index (χ4n) is 2.48. The number of fused-ring (bicyclic) bond motifs is 1. The number of anilines is 1. The summed E-state index contributed by atoms with van der Waals surface area (Å²) in [6, 6.07) is 8.51. The van der Waals surface area contributed by atoms with Crippen molar-refractivity contribution in [1.82, 2.24) is 10.3 Å². The van der Waals surface area contributed by atoms with Crippen molar-refractivity contribution in [2.75, 3.05) is 18.7 Å². The van der Waals surface area contributed by atoms with Gasteiger partial charge in [-0.25, -0.2) is 4.98 Å². The largest absolute Gasteiger partial charge is 0.460 e. The van der Waals surface area contributed by atoms with Crippen molar-refractivity contribution in [3.8, 4) is 23.0 Å². The first-order valence-electron chi connectivity index (χ1n) is 8.08. The number of nitrogens with one attached hydrogen (secondary N) is 2. The van der Waals surface area contributed by atoms with E-state index in [9.17, 15) is 9.59 Å². The Morgan fingerprint density at radius 3 is 2.85 bits per heavy atom. The maximum atomic E-state index is 12.2. The smallest absolute Gasteiger partial charge is 0.251 e. The van der Waals surface area contributed by atoms with E-state index >= 15 is 0 Å². The van der Waals surface area contributed by atoms with Gasteiger partial charge in [0.25, 0.3) is 5.91 Å². The molecule has 1 aliphatic rings. The molecule has 1 aliphatic heterocycles. The normalized spacial score (nSPS) is 12.0. The van der Waals surface area contributed by atoms with Crippen LogP contribution in [0.4, 0.5) is 5.13 Å². The van der Waals surface area contributed by atoms with E-state index in [1.165, 1.54) is 11.3 Å². The monoisotopic (exact) mass is 385 g/mol. The number of hydrogen-bond donors (Lipinski definition) is 2. The molecule has 3 aromatic rings. The Morgan fingerprint density at radius 1 is 1.19 bits per heavy atom. The van der Waals surface area contributed by atoms with Crippen LogP contribution in [-0.4, -0.2) is 30.1 Å². The average molecular weight is 385 g/mol. The molecule has 0 atom stereocenters. The van der Waals surface area contributed by atoms with Gasteiger partial charge in [0.2, 0.25) is 12.7 Å². The Labute approximate surface area is 158 Å². The number of aryl methyl sites for hydroxylation is 1. The number of benzene rings is 1. The highest BCUT2D eigenvalue weighted by Crippen LogP contribution is 2.32.